The molecule has 21 heavy (non-hydrogen) atoms. The molecule has 0 fully saturated rings. The van der Waals surface area contributed by atoms with E-state index in [9.17, 15) is 9.59 Å². The largest absolute Gasteiger partial charge is 0.477 e. The second-order valence-corrected chi connectivity index (χ2v) is 6.09. The third-order valence-corrected chi connectivity index (χ3v) is 4.46. The molecule has 0 radical (unpaired) electrons. The summed E-state index contributed by atoms with van der Waals surface area (Å²) in [5.41, 5.74) is 0.879. The van der Waals surface area contributed by atoms with E-state index < -0.39 is 5.97 Å². The Bertz CT molecular complexity index is 708. The lowest BCUT2D eigenvalue weighted by atomic mass is 10.3. The van der Waals surface area contributed by atoms with Gasteiger partial charge < -0.3 is 15.0 Å². The van der Waals surface area contributed by atoms with Crippen molar-refractivity contribution in [3.63, 3.8) is 0 Å². The van der Waals surface area contributed by atoms with Gasteiger partial charge in [-0.15, -0.1) is 11.3 Å². The maximum atomic E-state index is 12.2. The highest BCUT2D eigenvalue weighted by Gasteiger charge is 2.20. The van der Waals surface area contributed by atoms with Crippen molar-refractivity contribution in [3.8, 4) is 0 Å². The first-order valence-corrected chi connectivity index (χ1v) is 7.32. The highest BCUT2D eigenvalue weighted by molar-refractivity contribution is 7.13. The van der Waals surface area contributed by atoms with E-state index in [1.54, 1.807) is 37.7 Å². The number of carboxylic acids is 1. The van der Waals surface area contributed by atoms with Crippen molar-refractivity contribution < 1.29 is 14.7 Å². The van der Waals surface area contributed by atoms with Crippen LogP contribution in [0.2, 0.25) is 5.02 Å². The number of carboxylic acid groups (broad SMARTS) is 1. The summed E-state index contributed by atoms with van der Waals surface area (Å²) in [7, 11) is 1.72. The summed E-state index contributed by atoms with van der Waals surface area (Å²) in [6.45, 7) is 3.39. The Morgan fingerprint density at radius 2 is 2.19 bits per heavy atom. The summed E-state index contributed by atoms with van der Waals surface area (Å²) < 4.78 is 1.63. The summed E-state index contributed by atoms with van der Waals surface area (Å²) in [4.78, 5) is 27.6. The van der Waals surface area contributed by atoms with Crippen LogP contribution in [0.3, 0.4) is 0 Å². The Labute approximate surface area is 130 Å². The molecule has 0 saturated carbocycles. The molecular weight excluding hydrogens is 314 g/mol. The fourth-order valence-electron chi connectivity index (χ4n) is 1.88. The quantitative estimate of drug-likeness (QED) is 0.904. The lowest BCUT2D eigenvalue weighted by Crippen LogP contribution is -2.28. The molecule has 2 rings (SSSR count). The van der Waals surface area contributed by atoms with Gasteiger partial charge in [-0.3, -0.25) is 4.79 Å². The average Bonchev–Trinajstić information content (AvgIpc) is 2.92. The first-order chi connectivity index (χ1) is 9.79. The number of aromatic nitrogens is 2. The van der Waals surface area contributed by atoms with Crippen LogP contribution in [0.5, 0.6) is 0 Å². The number of carbonyl (C=O) groups is 2. The van der Waals surface area contributed by atoms with E-state index in [-0.39, 0.29) is 16.8 Å². The molecule has 1 unspecified atom stereocenters. The minimum absolute atomic E-state index is 0.188. The predicted molar refractivity (Wildman–Crippen MR) is 80.1 cm³/mol. The van der Waals surface area contributed by atoms with Gasteiger partial charge in [0.15, 0.2) is 0 Å². The van der Waals surface area contributed by atoms with Gasteiger partial charge in [0.05, 0.1) is 16.8 Å². The number of hydrogen-bond donors (Lipinski definition) is 2. The molecule has 2 aromatic heterocycles. The van der Waals surface area contributed by atoms with Crippen molar-refractivity contribution in [2.24, 2.45) is 7.05 Å². The third kappa shape index (κ3) is 3.25. The number of aromatic carboxylic acids is 1. The van der Waals surface area contributed by atoms with Gasteiger partial charge in [-0.25, -0.2) is 9.78 Å². The Morgan fingerprint density at radius 3 is 2.67 bits per heavy atom. The fourth-order valence-corrected chi connectivity index (χ4v) is 3.04. The van der Waals surface area contributed by atoms with Gasteiger partial charge in [0, 0.05) is 13.2 Å². The molecule has 1 amide bonds. The lowest BCUT2D eigenvalue weighted by molar-refractivity contribution is 0.0701. The molecule has 0 aliphatic rings. The smallest absolute Gasteiger partial charge is 0.347 e. The monoisotopic (exact) mass is 327 g/mol. The number of hydrogen-bond acceptors (Lipinski definition) is 4. The fraction of sp³-hybridized carbons (Fsp3) is 0.308. The normalized spacial score (nSPS) is 12.2. The van der Waals surface area contributed by atoms with Crippen LogP contribution in [0.15, 0.2) is 12.3 Å². The van der Waals surface area contributed by atoms with Crippen LogP contribution in [0, 0.1) is 6.92 Å². The first-order valence-electron chi connectivity index (χ1n) is 6.13. The van der Waals surface area contributed by atoms with Gasteiger partial charge in [-0.2, -0.15) is 0 Å². The Hall–Kier alpha value is -1.86. The molecule has 2 N–H and O–H groups in total. The lowest BCUT2D eigenvalue weighted by Gasteiger charge is -2.11. The zero-order valence-electron chi connectivity index (χ0n) is 11.7. The summed E-state index contributed by atoms with van der Waals surface area (Å²) in [6.07, 6.45) is 1.64. The molecule has 0 bridgehead atoms. The number of halogens is 1. The van der Waals surface area contributed by atoms with E-state index in [4.69, 9.17) is 16.7 Å². The summed E-state index contributed by atoms with van der Waals surface area (Å²) >= 11 is 6.91. The van der Waals surface area contributed by atoms with Crippen LogP contribution in [0.4, 0.5) is 0 Å². The maximum Gasteiger partial charge on any atom is 0.347 e. The Kier molecular flexibility index (Phi) is 4.34. The SMILES string of the molecule is Cc1nc(C(C)NC(=O)c2cc(Cl)cn2C)sc1C(=O)O. The van der Waals surface area contributed by atoms with Gasteiger partial charge >= 0.3 is 5.97 Å². The summed E-state index contributed by atoms with van der Waals surface area (Å²) in [5, 5.41) is 12.8. The minimum Gasteiger partial charge on any atom is -0.477 e. The second-order valence-electron chi connectivity index (χ2n) is 4.62. The summed E-state index contributed by atoms with van der Waals surface area (Å²) in [5.74, 6) is -1.30. The number of thiazole rings is 1. The van der Waals surface area contributed by atoms with Crippen molar-refractivity contribution in [2.45, 2.75) is 19.9 Å². The van der Waals surface area contributed by atoms with E-state index in [0.29, 0.717) is 21.4 Å². The van der Waals surface area contributed by atoms with Gasteiger partial charge in [-0.05, 0) is 19.9 Å². The van der Waals surface area contributed by atoms with Crippen molar-refractivity contribution in [1.29, 1.82) is 0 Å². The van der Waals surface area contributed by atoms with Gasteiger partial charge in [0.2, 0.25) is 0 Å². The number of nitrogens with one attached hydrogen (secondary N) is 1. The van der Waals surface area contributed by atoms with E-state index in [1.807, 2.05) is 0 Å². The predicted octanol–water partition coefficient (Wildman–Crippen LogP) is 2.63. The Morgan fingerprint density at radius 1 is 1.52 bits per heavy atom. The van der Waals surface area contributed by atoms with Crippen molar-refractivity contribution in [1.82, 2.24) is 14.9 Å². The molecule has 2 heterocycles. The molecule has 6 nitrogen and oxygen atoms in total. The van der Waals surface area contributed by atoms with Crippen LogP contribution in [0.25, 0.3) is 0 Å². The van der Waals surface area contributed by atoms with Crippen LogP contribution >= 0.6 is 22.9 Å². The number of amides is 1. The average molecular weight is 328 g/mol. The third-order valence-electron chi connectivity index (χ3n) is 2.93. The second kappa shape index (κ2) is 5.87. The van der Waals surface area contributed by atoms with E-state index in [0.717, 1.165) is 11.3 Å². The number of nitrogens with zero attached hydrogens (tertiary/aromatic N) is 2. The molecule has 0 spiro atoms. The molecular formula is C13H14ClN3O3S. The van der Waals surface area contributed by atoms with Crippen LogP contribution in [-0.4, -0.2) is 26.5 Å². The first kappa shape index (κ1) is 15.5. The van der Waals surface area contributed by atoms with Crippen molar-refractivity contribution in [3.05, 3.63) is 38.6 Å². The summed E-state index contributed by atoms with van der Waals surface area (Å²) in [6, 6.07) is 1.18. The molecule has 0 aromatic carbocycles. The minimum atomic E-state index is -1.01. The highest BCUT2D eigenvalue weighted by atomic mass is 35.5. The molecule has 8 heteroatoms. The van der Waals surface area contributed by atoms with Crippen LogP contribution < -0.4 is 5.32 Å². The topological polar surface area (TPSA) is 84.2 Å². The van der Waals surface area contributed by atoms with Gasteiger partial charge in [0.1, 0.15) is 15.6 Å². The van der Waals surface area contributed by atoms with E-state index in [2.05, 4.69) is 10.3 Å². The zero-order valence-corrected chi connectivity index (χ0v) is 13.2. The van der Waals surface area contributed by atoms with Crippen molar-refractivity contribution >= 4 is 34.8 Å². The van der Waals surface area contributed by atoms with Gasteiger partial charge in [-0.1, -0.05) is 11.6 Å². The molecule has 112 valence electrons. The maximum absolute atomic E-state index is 12.2. The molecule has 1 atom stereocenters. The number of carbonyl (C=O) groups excluding carboxylic acids is 1. The standard InChI is InChI=1S/C13H14ClN3O3S/c1-6-10(13(19)20)21-12(16-6)7(2)15-11(18)9-4-8(14)5-17(9)3/h4-5,7H,1-3H3,(H,15,18)(H,19,20). The molecule has 2 aromatic rings. The molecule has 0 aliphatic carbocycles. The Balaban J connectivity index is 2.16. The number of aryl methyl sites for hydroxylation is 2. The van der Waals surface area contributed by atoms with Crippen LogP contribution in [-0.2, 0) is 7.05 Å². The number of rotatable bonds is 4. The van der Waals surface area contributed by atoms with E-state index >= 15 is 0 Å². The molecule has 0 saturated heterocycles. The van der Waals surface area contributed by atoms with E-state index in [1.165, 1.54) is 0 Å². The molecule has 0 aliphatic heterocycles. The van der Waals surface area contributed by atoms with Crippen molar-refractivity contribution in [2.75, 3.05) is 0 Å². The van der Waals surface area contributed by atoms with Crippen LogP contribution in [0.1, 0.15) is 43.8 Å². The zero-order chi connectivity index (χ0) is 15.7. The highest BCUT2D eigenvalue weighted by Crippen LogP contribution is 2.24. The van der Waals surface area contributed by atoms with Gasteiger partial charge in [0.25, 0.3) is 5.91 Å².